The lowest BCUT2D eigenvalue weighted by Gasteiger charge is -2.25. The van der Waals surface area contributed by atoms with Crippen LogP contribution in [0.5, 0.6) is 5.75 Å². The maximum absolute atomic E-state index is 11.5. The van der Waals surface area contributed by atoms with E-state index in [-0.39, 0.29) is 5.75 Å². The summed E-state index contributed by atoms with van der Waals surface area (Å²) in [7, 11) is 0. The standard InChI is InChI=1S/C21H21ClN2O3/c1-4-24(5-2)20-19(27-21(25)26)17(14-9-7-6-8-10-14)16-12-15(22)11-13(3)18(16)23-20/h6-12H,4-5H2,1-3H3,(H,25,26). The number of nitrogens with zero attached hydrogens (tertiary/aromatic N) is 2. The first kappa shape index (κ1) is 19.0. The zero-order valence-corrected chi connectivity index (χ0v) is 16.2. The van der Waals surface area contributed by atoms with Gasteiger partial charge in [0.25, 0.3) is 0 Å². The van der Waals surface area contributed by atoms with Crippen LogP contribution in [0.25, 0.3) is 22.0 Å². The molecule has 0 aliphatic carbocycles. The Bertz CT molecular complexity index is 986. The number of carboxylic acid groups (broad SMARTS) is 1. The number of rotatable bonds is 5. The van der Waals surface area contributed by atoms with Gasteiger partial charge in [-0.1, -0.05) is 41.9 Å². The van der Waals surface area contributed by atoms with Crippen LogP contribution < -0.4 is 9.64 Å². The molecule has 27 heavy (non-hydrogen) atoms. The third-order valence-electron chi connectivity index (χ3n) is 4.50. The summed E-state index contributed by atoms with van der Waals surface area (Å²) in [5.74, 6) is 0.741. The number of ether oxygens (including phenoxy) is 1. The minimum absolute atomic E-state index is 0.228. The highest BCUT2D eigenvalue weighted by atomic mass is 35.5. The number of pyridine rings is 1. The molecule has 1 N–H and O–H groups in total. The predicted molar refractivity (Wildman–Crippen MR) is 109 cm³/mol. The molecule has 6 heteroatoms. The lowest BCUT2D eigenvalue weighted by Crippen LogP contribution is -2.24. The lowest BCUT2D eigenvalue weighted by molar-refractivity contribution is 0.144. The minimum Gasteiger partial charge on any atom is -0.449 e. The molecule has 0 fully saturated rings. The fourth-order valence-corrected chi connectivity index (χ4v) is 3.55. The summed E-state index contributed by atoms with van der Waals surface area (Å²) in [5, 5.41) is 10.7. The summed E-state index contributed by atoms with van der Waals surface area (Å²) in [5.41, 5.74) is 3.22. The van der Waals surface area contributed by atoms with Gasteiger partial charge < -0.3 is 14.7 Å². The Kier molecular flexibility index (Phi) is 5.51. The molecule has 1 heterocycles. The van der Waals surface area contributed by atoms with Crippen molar-refractivity contribution in [3.05, 3.63) is 53.1 Å². The summed E-state index contributed by atoms with van der Waals surface area (Å²) in [6.45, 7) is 7.28. The number of anilines is 1. The van der Waals surface area contributed by atoms with Crippen molar-refractivity contribution in [1.82, 2.24) is 4.98 Å². The molecule has 3 aromatic rings. The number of aryl methyl sites for hydroxylation is 1. The first-order valence-corrected chi connectivity index (χ1v) is 9.19. The molecule has 0 spiro atoms. The maximum Gasteiger partial charge on any atom is 0.511 e. The van der Waals surface area contributed by atoms with Crippen LogP contribution in [0.1, 0.15) is 19.4 Å². The highest BCUT2D eigenvalue weighted by Gasteiger charge is 2.24. The molecule has 0 aliphatic heterocycles. The van der Waals surface area contributed by atoms with Crippen LogP contribution in [-0.4, -0.2) is 29.3 Å². The third kappa shape index (κ3) is 3.69. The zero-order chi connectivity index (χ0) is 19.6. The van der Waals surface area contributed by atoms with Crippen LogP contribution in [0, 0.1) is 6.92 Å². The Balaban J connectivity index is 2.49. The van der Waals surface area contributed by atoms with Crippen LogP contribution in [0.3, 0.4) is 0 Å². The first-order chi connectivity index (χ1) is 13.0. The van der Waals surface area contributed by atoms with Crippen molar-refractivity contribution < 1.29 is 14.6 Å². The quantitative estimate of drug-likeness (QED) is 0.566. The van der Waals surface area contributed by atoms with Crippen LogP contribution in [-0.2, 0) is 0 Å². The van der Waals surface area contributed by atoms with Crippen LogP contribution in [0.4, 0.5) is 10.6 Å². The van der Waals surface area contributed by atoms with E-state index in [9.17, 15) is 9.90 Å². The minimum atomic E-state index is -1.37. The lowest BCUT2D eigenvalue weighted by atomic mass is 9.98. The van der Waals surface area contributed by atoms with E-state index in [0.29, 0.717) is 29.5 Å². The SMILES string of the molecule is CCN(CC)c1nc2c(C)cc(Cl)cc2c(-c2ccccc2)c1OC(=O)O. The molecule has 5 nitrogen and oxygen atoms in total. The number of aromatic nitrogens is 1. The van der Waals surface area contributed by atoms with Crippen molar-refractivity contribution >= 4 is 34.5 Å². The Morgan fingerprint density at radius 2 is 1.85 bits per heavy atom. The van der Waals surface area contributed by atoms with Gasteiger partial charge in [0.05, 0.1) is 5.52 Å². The van der Waals surface area contributed by atoms with E-state index < -0.39 is 6.16 Å². The summed E-state index contributed by atoms with van der Waals surface area (Å²) >= 11 is 6.30. The zero-order valence-electron chi connectivity index (χ0n) is 15.5. The number of hydrogen-bond acceptors (Lipinski definition) is 4. The van der Waals surface area contributed by atoms with E-state index in [1.807, 2.05) is 62.1 Å². The summed E-state index contributed by atoms with van der Waals surface area (Å²) in [6, 6.07) is 13.2. The molecule has 0 amide bonds. The molecule has 0 aliphatic rings. The molecular weight excluding hydrogens is 364 g/mol. The first-order valence-electron chi connectivity index (χ1n) is 8.81. The number of fused-ring (bicyclic) bond motifs is 1. The van der Waals surface area contributed by atoms with Gasteiger partial charge in [-0.05, 0) is 44.0 Å². The molecule has 0 radical (unpaired) electrons. The van der Waals surface area contributed by atoms with Crippen LogP contribution in [0.15, 0.2) is 42.5 Å². The van der Waals surface area contributed by atoms with Crippen molar-refractivity contribution in [3.63, 3.8) is 0 Å². The molecule has 1 aromatic heterocycles. The number of halogens is 1. The topological polar surface area (TPSA) is 62.7 Å². The Morgan fingerprint density at radius 1 is 1.19 bits per heavy atom. The van der Waals surface area contributed by atoms with Gasteiger partial charge in [0.1, 0.15) is 0 Å². The van der Waals surface area contributed by atoms with Crippen molar-refractivity contribution in [2.75, 3.05) is 18.0 Å². The van der Waals surface area contributed by atoms with Gasteiger partial charge in [-0.15, -0.1) is 0 Å². The van der Waals surface area contributed by atoms with Crippen molar-refractivity contribution in [3.8, 4) is 16.9 Å². The highest BCUT2D eigenvalue weighted by Crippen LogP contribution is 2.44. The van der Waals surface area contributed by atoms with Crippen LogP contribution >= 0.6 is 11.6 Å². The second-order valence-corrected chi connectivity index (χ2v) is 6.60. The highest BCUT2D eigenvalue weighted by molar-refractivity contribution is 6.31. The molecule has 0 saturated heterocycles. The third-order valence-corrected chi connectivity index (χ3v) is 4.72. The smallest absolute Gasteiger partial charge is 0.449 e. The van der Waals surface area contributed by atoms with Crippen molar-refractivity contribution in [2.45, 2.75) is 20.8 Å². The fourth-order valence-electron chi connectivity index (χ4n) is 3.28. The molecule has 0 saturated carbocycles. The molecular formula is C21H21ClN2O3. The largest absolute Gasteiger partial charge is 0.511 e. The molecule has 2 aromatic carbocycles. The van der Waals surface area contributed by atoms with E-state index in [0.717, 1.165) is 22.0 Å². The predicted octanol–water partition coefficient (Wildman–Crippen LogP) is 5.77. The Hall–Kier alpha value is -2.79. The summed E-state index contributed by atoms with van der Waals surface area (Å²) in [4.78, 5) is 18.2. The van der Waals surface area contributed by atoms with E-state index >= 15 is 0 Å². The van der Waals surface area contributed by atoms with Gasteiger partial charge in [-0.3, -0.25) is 0 Å². The van der Waals surface area contributed by atoms with Crippen LogP contribution in [0.2, 0.25) is 5.02 Å². The van der Waals surface area contributed by atoms with Gasteiger partial charge in [-0.2, -0.15) is 0 Å². The molecule has 0 bridgehead atoms. The fraction of sp³-hybridized carbons (Fsp3) is 0.238. The monoisotopic (exact) mass is 384 g/mol. The Morgan fingerprint density at radius 3 is 2.44 bits per heavy atom. The van der Waals surface area contributed by atoms with Gasteiger partial charge in [0.15, 0.2) is 11.6 Å². The second kappa shape index (κ2) is 7.84. The molecule has 0 unspecified atom stereocenters. The van der Waals surface area contributed by atoms with E-state index in [2.05, 4.69) is 0 Å². The van der Waals surface area contributed by atoms with Gasteiger partial charge in [0, 0.05) is 29.1 Å². The van der Waals surface area contributed by atoms with Crippen molar-refractivity contribution in [2.24, 2.45) is 0 Å². The normalized spacial score (nSPS) is 10.8. The van der Waals surface area contributed by atoms with Crippen molar-refractivity contribution in [1.29, 1.82) is 0 Å². The van der Waals surface area contributed by atoms with E-state index in [1.165, 1.54) is 0 Å². The maximum atomic E-state index is 11.5. The average Bonchev–Trinajstić information content (AvgIpc) is 2.63. The second-order valence-electron chi connectivity index (χ2n) is 6.16. The summed E-state index contributed by atoms with van der Waals surface area (Å²) < 4.78 is 5.27. The molecule has 3 rings (SSSR count). The van der Waals surface area contributed by atoms with E-state index in [1.54, 1.807) is 6.07 Å². The summed E-state index contributed by atoms with van der Waals surface area (Å²) in [6.07, 6.45) is -1.37. The van der Waals surface area contributed by atoms with Gasteiger partial charge in [-0.25, -0.2) is 9.78 Å². The van der Waals surface area contributed by atoms with Gasteiger partial charge >= 0.3 is 6.16 Å². The molecule has 140 valence electrons. The van der Waals surface area contributed by atoms with Gasteiger partial charge in [0.2, 0.25) is 0 Å². The Labute approximate surface area is 163 Å². The number of carbonyl (C=O) groups is 1. The molecule has 0 atom stereocenters. The number of hydrogen-bond donors (Lipinski definition) is 1. The number of benzene rings is 2. The average molecular weight is 385 g/mol. The van der Waals surface area contributed by atoms with E-state index in [4.69, 9.17) is 21.3 Å².